The van der Waals surface area contributed by atoms with E-state index in [2.05, 4.69) is 5.32 Å². The van der Waals surface area contributed by atoms with E-state index in [0.717, 1.165) is 6.42 Å². The summed E-state index contributed by atoms with van der Waals surface area (Å²) in [6.07, 6.45) is 4.68. The van der Waals surface area contributed by atoms with Crippen LogP contribution in [0.2, 0.25) is 0 Å². The number of nitrogens with one attached hydrogen (secondary N) is 1. The highest BCUT2D eigenvalue weighted by Crippen LogP contribution is 2.12. The van der Waals surface area contributed by atoms with Crippen molar-refractivity contribution < 1.29 is 9.18 Å². The van der Waals surface area contributed by atoms with Gasteiger partial charge in [0.25, 0.3) is 5.91 Å². The van der Waals surface area contributed by atoms with Crippen molar-refractivity contribution in [2.45, 2.75) is 13.3 Å². The summed E-state index contributed by atoms with van der Waals surface area (Å²) in [7, 11) is 0. The number of amides is 1. The predicted molar refractivity (Wildman–Crippen MR) is 70.9 cm³/mol. The Morgan fingerprint density at radius 1 is 1.56 bits per heavy atom. The zero-order chi connectivity index (χ0) is 12.0. The maximum absolute atomic E-state index is 13.2. The molecule has 0 saturated carbocycles. The summed E-state index contributed by atoms with van der Waals surface area (Å²) in [5.74, 6) is -0.596. The number of benzene rings is 1. The minimum Gasteiger partial charge on any atom is -0.352 e. The van der Waals surface area contributed by atoms with Gasteiger partial charge in [-0.2, -0.15) is 0 Å². The Labute approximate surface area is 108 Å². The quantitative estimate of drug-likeness (QED) is 0.512. The summed E-state index contributed by atoms with van der Waals surface area (Å²) in [6, 6.07) is 4.47. The molecule has 86 valence electrons. The standard InChI is InChI=1S/C12H13FINO/c1-2-3-4-7-15-12(16)9-5-6-11(14)10(13)8-9/h2-3,5-6,8H,4,7H2,1H3,(H,15,16)/b3-2+. The molecule has 2 nitrogen and oxygen atoms in total. The van der Waals surface area contributed by atoms with Crippen molar-refractivity contribution in [2.24, 2.45) is 0 Å². The number of carbonyl (C=O) groups is 1. The fourth-order valence-corrected chi connectivity index (χ4v) is 1.51. The largest absolute Gasteiger partial charge is 0.352 e. The van der Waals surface area contributed by atoms with Gasteiger partial charge < -0.3 is 5.32 Å². The first-order valence-corrected chi connectivity index (χ1v) is 6.07. The highest BCUT2D eigenvalue weighted by molar-refractivity contribution is 14.1. The summed E-state index contributed by atoms with van der Waals surface area (Å²) < 4.78 is 13.7. The number of carbonyl (C=O) groups excluding carboxylic acids is 1. The van der Waals surface area contributed by atoms with Crippen LogP contribution in [0.1, 0.15) is 23.7 Å². The van der Waals surface area contributed by atoms with Crippen LogP contribution in [0.5, 0.6) is 0 Å². The van der Waals surface area contributed by atoms with Crippen molar-refractivity contribution in [3.63, 3.8) is 0 Å². The van der Waals surface area contributed by atoms with Crippen LogP contribution < -0.4 is 5.32 Å². The third kappa shape index (κ3) is 3.92. The Morgan fingerprint density at radius 3 is 2.94 bits per heavy atom. The number of hydrogen-bond donors (Lipinski definition) is 1. The van der Waals surface area contributed by atoms with Gasteiger partial charge in [0.2, 0.25) is 0 Å². The average molecular weight is 333 g/mol. The second kappa shape index (κ2) is 6.62. The molecular weight excluding hydrogens is 320 g/mol. The molecule has 0 atom stereocenters. The van der Waals surface area contributed by atoms with E-state index in [1.807, 2.05) is 41.7 Å². The normalized spacial score (nSPS) is 10.7. The molecule has 0 unspecified atom stereocenters. The van der Waals surface area contributed by atoms with Gasteiger partial charge in [-0.25, -0.2) is 4.39 Å². The summed E-state index contributed by atoms with van der Waals surface area (Å²) in [6.45, 7) is 2.49. The number of hydrogen-bond acceptors (Lipinski definition) is 1. The molecule has 0 heterocycles. The lowest BCUT2D eigenvalue weighted by atomic mass is 10.2. The van der Waals surface area contributed by atoms with Crippen LogP contribution in [0.25, 0.3) is 0 Å². The first kappa shape index (κ1) is 13.2. The molecule has 1 N–H and O–H groups in total. The van der Waals surface area contributed by atoms with Gasteiger partial charge in [0.1, 0.15) is 5.82 Å². The lowest BCUT2D eigenvalue weighted by Gasteiger charge is -2.04. The first-order valence-electron chi connectivity index (χ1n) is 4.99. The van der Waals surface area contributed by atoms with Gasteiger partial charge in [-0.05, 0) is 54.1 Å². The zero-order valence-corrected chi connectivity index (χ0v) is 11.1. The monoisotopic (exact) mass is 333 g/mol. The molecule has 0 radical (unpaired) electrons. The summed E-state index contributed by atoms with van der Waals surface area (Å²) >= 11 is 1.89. The van der Waals surface area contributed by atoms with E-state index >= 15 is 0 Å². The molecule has 0 aliphatic heterocycles. The zero-order valence-electron chi connectivity index (χ0n) is 8.97. The van der Waals surface area contributed by atoms with Crippen molar-refractivity contribution in [1.29, 1.82) is 0 Å². The molecule has 1 aromatic rings. The Morgan fingerprint density at radius 2 is 2.31 bits per heavy atom. The SMILES string of the molecule is C/C=C/CCNC(=O)c1ccc(I)c(F)c1. The van der Waals surface area contributed by atoms with Crippen LogP contribution in [0.3, 0.4) is 0 Å². The summed E-state index contributed by atoms with van der Waals surface area (Å²) in [5, 5.41) is 2.72. The second-order valence-electron chi connectivity index (χ2n) is 3.24. The van der Waals surface area contributed by atoms with Crippen LogP contribution in [0.15, 0.2) is 30.4 Å². The third-order valence-electron chi connectivity index (χ3n) is 2.01. The smallest absolute Gasteiger partial charge is 0.251 e. The van der Waals surface area contributed by atoms with Crippen molar-refractivity contribution >= 4 is 28.5 Å². The highest BCUT2D eigenvalue weighted by atomic mass is 127. The van der Waals surface area contributed by atoms with Gasteiger partial charge in [-0.15, -0.1) is 0 Å². The van der Waals surface area contributed by atoms with Crippen molar-refractivity contribution in [3.05, 3.63) is 45.3 Å². The molecule has 1 rings (SSSR count). The van der Waals surface area contributed by atoms with Crippen LogP contribution in [-0.2, 0) is 0 Å². The topological polar surface area (TPSA) is 29.1 Å². The van der Waals surface area contributed by atoms with E-state index < -0.39 is 0 Å². The van der Waals surface area contributed by atoms with E-state index in [1.165, 1.54) is 6.07 Å². The van der Waals surface area contributed by atoms with E-state index in [-0.39, 0.29) is 11.7 Å². The molecule has 0 fully saturated rings. The maximum atomic E-state index is 13.2. The molecular formula is C12H13FINO. The van der Waals surface area contributed by atoms with Gasteiger partial charge in [-0.1, -0.05) is 12.2 Å². The second-order valence-corrected chi connectivity index (χ2v) is 4.40. The van der Waals surface area contributed by atoms with E-state index in [4.69, 9.17) is 0 Å². The van der Waals surface area contributed by atoms with E-state index in [1.54, 1.807) is 12.1 Å². The first-order chi connectivity index (χ1) is 7.65. The molecule has 0 aromatic heterocycles. The number of rotatable bonds is 4. The lowest BCUT2D eigenvalue weighted by Crippen LogP contribution is -2.24. The van der Waals surface area contributed by atoms with Crippen LogP contribution in [-0.4, -0.2) is 12.5 Å². The van der Waals surface area contributed by atoms with Gasteiger partial charge >= 0.3 is 0 Å². The molecule has 0 saturated heterocycles. The molecule has 1 amide bonds. The van der Waals surface area contributed by atoms with E-state index in [9.17, 15) is 9.18 Å². The summed E-state index contributed by atoms with van der Waals surface area (Å²) in [4.78, 5) is 11.6. The average Bonchev–Trinajstić information content (AvgIpc) is 2.28. The minimum atomic E-state index is -0.360. The fourth-order valence-electron chi connectivity index (χ4n) is 1.18. The van der Waals surface area contributed by atoms with Crippen LogP contribution >= 0.6 is 22.6 Å². The summed E-state index contributed by atoms with van der Waals surface area (Å²) in [5.41, 5.74) is 0.360. The fraction of sp³-hybridized carbons (Fsp3) is 0.250. The molecule has 0 spiro atoms. The minimum absolute atomic E-state index is 0.236. The molecule has 0 aliphatic rings. The Kier molecular flexibility index (Phi) is 5.45. The molecule has 0 aliphatic carbocycles. The Balaban J connectivity index is 2.56. The predicted octanol–water partition coefficient (Wildman–Crippen LogP) is 3.13. The van der Waals surface area contributed by atoms with E-state index in [0.29, 0.717) is 15.7 Å². The molecule has 0 bridgehead atoms. The van der Waals surface area contributed by atoms with Gasteiger partial charge in [0.05, 0.1) is 0 Å². The molecule has 16 heavy (non-hydrogen) atoms. The van der Waals surface area contributed by atoms with Gasteiger partial charge in [0.15, 0.2) is 0 Å². The van der Waals surface area contributed by atoms with Crippen LogP contribution in [0, 0.1) is 9.39 Å². The number of allylic oxidation sites excluding steroid dienone is 1. The van der Waals surface area contributed by atoms with Crippen molar-refractivity contribution in [2.75, 3.05) is 6.54 Å². The van der Waals surface area contributed by atoms with Gasteiger partial charge in [-0.3, -0.25) is 4.79 Å². The molecule has 1 aromatic carbocycles. The van der Waals surface area contributed by atoms with Gasteiger partial charge in [0, 0.05) is 15.7 Å². The van der Waals surface area contributed by atoms with Crippen molar-refractivity contribution in [3.8, 4) is 0 Å². The third-order valence-corrected chi connectivity index (χ3v) is 2.89. The Bertz CT molecular complexity index is 404. The van der Waals surface area contributed by atoms with Crippen molar-refractivity contribution in [1.82, 2.24) is 5.32 Å². The van der Waals surface area contributed by atoms with Crippen LogP contribution in [0.4, 0.5) is 4.39 Å². The lowest BCUT2D eigenvalue weighted by molar-refractivity contribution is 0.0954. The molecule has 4 heteroatoms. The number of halogens is 2. The highest BCUT2D eigenvalue weighted by Gasteiger charge is 2.07. The maximum Gasteiger partial charge on any atom is 0.251 e. The Hall–Kier alpha value is -0.910.